The van der Waals surface area contributed by atoms with E-state index in [2.05, 4.69) is 9.80 Å². The van der Waals surface area contributed by atoms with Crippen LogP contribution in [-0.2, 0) is 6.42 Å². The molecule has 1 fully saturated rings. The summed E-state index contributed by atoms with van der Waals surface area (Å²) in [5.74, 6) is 1.25. The maximum absolute atomic E-state index is 14.5. The van der Waals surface area contributed by atoms with Crippen LogP contribution in [0, 0.1) is 5.92 Å². The van der Waals surface area contributed by atoms with Gasteiger partial charge in [0.2, 0.25) is 0 Å². The van der Waals surface area contributed by atoms with Gasteiger partial charge in [-0.05, 0) is 61.2 Å². The van der Waals surface area contributed by atoms with E-state index in [0.717, 1.165) is 55.0 Å². The molecular weight excluding hydrogens is 398 g/mol. The lowest BCUT2D eigenvalue weighted by Crippen LogP contribution is -2.49. The average molecular weight is 431 g/mol. The molecule has 1 saturated heterocycles. The summed E-state index contributed by atoms with van der Waals surface area (Å²) >= 11 is 0. The van der Waals surface area contributed by atoms with Crippen LogP contribution in [-0.4, -0.2) is 66.6 Å². The third-order valence-electron chi connectivity index (χ3n) is 6.16. The average Bonchev–Trinajstić information content (AvgIpc) is 2.69. The van der Waals surface area contributed by atoms with Crippen LogP contribution in [0.5, 0.6) is 11.5 Å². The van der Waals surface area contributed by atoms with Crippen molar-refractivity contribution in [2.75, 3.05) is 46.0 Å². The molecule has 1 atom stereocenters. The Morgan fingerprint density at radius 2 is 1.87 bits per heavy atom. The van der Waals surface area contributed by atoms with Crippen LogP contribution >= 0.6 is 0 Å². The van der Waals surface area contributed by atoms with Gasteiger partial charge in [0.05, 0.1) is 12.7 Å². The summed E-state index contributed by atoms with van der Waals surface area (Å²) < 4.78 is 32.9. The minimum Gasteiger partial charge on any atom is -0.508 e. The lowest BCUT2D eigenvalue weighted by Gasteiger charge is -2.40. The van der Waals surface area contributed by atoms with Crippen LogP contribution in [0.1, 0.15) is 36.6 Å². The van der Waals surface area contributed by atoms with Crippen LogP contribution in [0.4, 0.5) is 8.78 Å². The number of nitrogens with zero attached hydrogens (tertiary/aromatic N) is 2. The standard InChI is InChI=1S/C25H32F2N2O2/c1-25(2,27)17-29-10-9-20-13-21(30)5-8-23(20)24(29)19-3-6-22(7-4-19)31-12-11-28-15-18(14-26)16-28/h3-8,13,18,24,30H,9-12,14-17H2,1-2H3/t24-/m1/s1. The van der Waals surface area contributed by atoms with Crippen LogP contribution in [0.3, 0.4) is 0 Å². The molecule has 0 radical (unpaired) electrons. The van der Waals surface area contributed by atoms with Crippen LogP contribution in [0.15, 0.2) is 42.5 Å². The van der Waals surface area contributed by atoms with E-state index in [4.69, 9.17) is 4.74 Å². The largest absolute Gasteiger partial charge is 0.508 e. The van der Waals surface area contributed by atoms with Gasteiger partial charge in [-0.3, -0.25) is 14.2 Å². The van der Waals surface area contributed by atoms with Crippen molar-refractivity contribution in [3.05, 3.63) is 59.2 Å². The predicted molar refractivity (Wildman–Crippen MR) is 118 cm³/mol. The van der Waals surface area contributed by atoms with Gasteiger partial charge in [-0.2, -0.15) is 0 Å². The lowest BCUT2D eigenvalue weighted by molar-refractivity contribution is 0.0668. The third kappa shape index (κ3) is 5.36. The van der Waals surface area contributed by atoms with Crippen molar-refractivity contribution >= 4 is 0 Å². The first kappa shape index (κ1) is 22.0. The van der Waals surface area contributed by atoms with Gasteiger partial charge < -0.3 is 9.84 Å². The summed E-state index contributed by atoms with van der Waals surface area (Å²) in [5.41, 5.74) is 2.01. The Kier molecular flexibility index (Phi) is 6.49. The van der Waals surface area contributed by atoms with Crippen LogP contribution in [0.2, 0.25) is 0 Å². The Hall–Kier alpha value is -2.18. The number of hydrogen-bond donors (Lipinski definition) is 1. The van der Waals surface area contributed by atoms with Crippen molar-refractivity contribution < 1.29 is 18.6 Å². The van der Waals surface area contributed by atoms with Gasteiger partial charge in [0, 0.05) is 38.6 Å². The highest BCUT2D eigenvalue weighted by Gasteiger charge is 2.33. The summed E-state index contributed by atoms with van der Waals surface area (Å²) in [6.45, 7) is 7.08. The summed E-state index contributed by atoms with van der Waals surface area (Å²) in [5, 5.41) is 9.89. The van der Waals surface area contributed by atoms with E-state index in [1.165, 1.54) is 0 Å². The number of aromatic hydroxyl groups is 1. The minimum absolute atomic E-state index is 0.0628. The van der Waals surface area contributed by atoms with E-state index < -0.39 is 5.67 Å². The second-order valence-electron chi connectivity index (χ2n) is 9.42. The molecule has 2 aromatic rings. The fourth-order valence-electron chi connectivity index (χ4n) is 4.70. The number of alkyl halides is 2. The molecule has 0 bridgehead atoms. The van der Waals surface area contributed by atoms with E-state index >= 15 is 0 Å². The molecule has 4 rings (SSSR count). The van der Waals surface area contributed by atoms with Gasteiger partial charge in [0.1, 0.15) is 23.8 Å². The van der Waals surface area contributed by atoms with E-state index in [-0.39, 0.29) is 24.4 Å². The topological polar surface area (TPSA) is 35.9 Å². The van der Waals surface area contributed by atoms with E-state index in [9.17, 15) is 13.9 Å². The van der Waals surface area contributed by atoms with E-state index in [0.29, 0.717) is 13.2 Å². The molecule has 2 heterocycles. The molecule has 31 heavy (non-hydrogen) atoms. The number of phenolic OH excluding ortho intramolecular Hbond substituents is 1. The molecule has 0 amide bonds. The van der Waals surface area contributed by atoms with Crippen molar-refractivity contribution in [2.24, 2.45) is 5.92 Å². The zero-order valence-corrected chi connectivity index (χ0v) is 18.4. The number of benzene rings is 2. The van der Waals surface area contributed by atoms with Crippen LogP contribution in [0.25, 0.3) is 0 Å². The zero-order chi connectivity index (χ0) is 22.0. The fourth-order valence-corrected chi connectivity index (χ4v) is 4.70. The first-order valence-electron chi connectivity index (χ1n) is 11.1. The molecule has 0 aromatic heterocycles. The summed E-state index contributed by atoms with van der Waals surface area (Å²) in [7, 11) is 0. The SMILES string of the molecule is CC(C)(F)CN1CCc2cc(O)ccc2[C@H]1c1ccc(OCCN2CC(CF)C2)cc1. The van der Waals surface area contributed by atoms with Crippen molar-refractivity contribution in [1.29, 1.82) is 0 Å². The van der Waals surface area contributed by atoms with Crippen molar-refractivity contribution in [3.63, 3.8) is 0 Å². The lowest BCUT2D eigenvalue weighted by atomic mass is 9.87. The second-order valence-corrected chi connectivity index (χ2v) is 9.42. The number of fused-ring (bicyclic) bond motifs is 1. The van der Waals surface area contributed by atoms with E-state index in [1.54, 1.807) is 19.9 Å². The molecule has 2 aliphatic rings. The number of hydrogen-bond acceptors (Lipinski definition) is 4. The summed E-state index contributed by atoms with van der Waals surface area (Å²) in [6, 6.07) is 13.4. The second kappa shape index (κ2) is 9.13. The maximum Gasteiger partial charge on any atom is 0.119 e. The third-order valence-corrected chi connectivity index (χ3v) is 6.16. The van der Waals surface area contributed by atoms with Gasteiger partial charge >= 0.3 is 0 Å². The molecule has 0 unspecified atom stereocenters. The Morgan fingerprint density at radius 1 is 1.13 bits per heavy atom. The maximum atomic E-state index is 14.5. The monoisotopic (exact) mass is 430 g/mol. The minimum atomic E-state index is -1.30. The van der Waals surface area contributed by atoms with Gasteiger partial charge in [0.25, 0.3) is 0 Å². The Morgan fingerprint density at radius 3 is 2.55 bits per heavy atom. The van der Waals surface area contributed by atoms with Crippen molar-refractivity contribution in [2.45, 2.75) is 32.0 Å². The Labute approximate surface area is 183 Å². The molecule has 168 valence electrons. The highest BCUT2D eigenvalue weighted by molar-refractivity contribution is 5.44. The molecule has 0 aliphatic carbocycles. The first-order valence-corrected chi connectivity index (χ1v) is 11.1. The predicted octanol–water partition coefficient (Wildman–Crippen LogP) is 4.37. The Balaban J connectivity index is 1.46. The number of phenols is 1. The summed E-state index contributed by atoms with van der Waals surface area (Å²) in [6.07, 6.45) is 0.789. The highest BCUT2D eigenvalue weighted by atomic mass is 19.1. The zero-order valence-electron chi connectivity index (χ0n) is 18.4. The van der Waals surface area contributed by atoms with Crippen molar-refractivity contribution in [1.82, 2.24) is 9.80 Å². The normalized spacial score (nSPS) is 20.3. The van der Waals surface area contributed by atoms with Gasteiger partial charge in [-0.1, -0.05) is 18.2 Å². The number of ether oxygens (including phenoxy) is 1. The molecule has 6 heteroatoms. The molecule has 2 aromatic carbocycles. The molecular formula is C25H32F2N2O2. The van der Waals surface area contributed by atoms with E-state index in [1.807, 2.05) is 36.4 Å². The smallest absolute Gasteiger partial charge is 0.119 e. The van der Waals surface area contributed by atoms with Crippen LogP contribution < -0.4 is 4.74 Å². The Bertz CT molecular complexity index is 876. The van der Waals surface area contributed by atoms with Gasteiger partial charge in [0.15, 0.2) is 0 Å². The molecule has 0 saturated carbocycles. The number of halogens is 2. The van der Waals surface area contributed by atoms with Crippen molar-refractivity contribution in [3.8, 4) is 11.5 Å². The summed E-state index contributed by atoms with van der Waals surface area (Å²) in [4.78, 5) is 4.38. The van der Waals surface area contributed by atoms with Gasteiger partial charge in [-0.25, -0.2) is 4.39 Å². The molecule has 1 N–H and O–H groups in total. The van der Waals surface area contributed by atoms with Gasteiger partial charge in [-0.15, -0.1) is 0 Å². The highest BCUT2D eigenvalue weighted by Crippen LogP contribution is 2.38. The number of rotatable bonds is 8. The molecule has 0 spiro atoms. The number of likely N-dealkylation sites (tertiary alicyclic amines) is 1. The quantitative estimate of drug-likeness (QED) is 0.675. The molecule has 4 nitrogen and oxygen atoms in total. The first-order chi connectivity index (χ1) is 14.8. The fraction of sp³-hybridized carbons (Fsp3) is 0.520. The molecule has 2 aliphatic heterocycles.